The van der Waals surface area contributed by atoms with Crippen molar-refractivity contribution < 1.29 is 13.2 Å². The Hall–Kier alpha value is -0.170. The predicted molar refractivity (Wildman–Crippen MR) is 61.4 cm³/mol. The number of hydrogen-bond acceptors (Lipinski definition) is 4. The molecule has 15 heavy (non-hydrogen) atoms. The van der Waals surface area contributed by atoms with Crippen LogP contribution in [0.3, 0.4) is 0 Å². The van der Waals surface area contributed by atoms with Gasteiger partial charge in [0, 0.05) is 20.2 Å². The molecule has 0 spiro atoms. The smallest absolute Gasteiger partial charge is 0.215 e. The predicted octanol–water partition coefficient (Wildman–Crippen LogP) is -0.0597. The highest BCUT2D eigenvalue weighted by molar-refractivity contribution is 7.90. The third-order valence-electron chi connectivity index (χ3n) is 2.00. The molecule has 1 atom stereocenters. The van der Waals surface area contributed by atoms with Crippen LogP contribution in [0.5, 0.6) is 0 Å². The summed E-state index contributed by atoms with van der Waals surface area (Å²) in [6.07, 6.45) is 1.00. The molecule has 5 nitrogen and oxygen atoms in total. The molecule has 0 aromatic carbocycles. The Morgan fingerprint density at radius 3 is 2.53 bits per heavy atom. The van der Waals surface area contributed by atoms with Gasteiger partial charge in [0.25, 0.3) is 0 Å². The van der Waals surface area contributed by atoms with Gasteiger partial charge in [-0.3, -0.25) is 0 Å². The second kappa shape index (κ2) is 8.04. The van der Waals surface area contributed by atoms with Crippen molar-refractivity contribution in [3.63, 3.8) is 0 Å². The van der Waals surface area contributed by atoms with Crippen molar-refractivity contribution >= 4 is 10.0 Å². The Kier molecular flexibility index (Phi) is 7.95. The minimum atomic E-state index is -3.21. The van der Waals surface area contributed by atoms with Crippen LogP contribution >= 0.6 is 0 Å². The lowest BCUT2D eigenvalue weighted by Gasteiger charge is -2.14. The van der Waals surface area contributed by atoms with Crippen molar-refractivity contribution in [2.24, 2.45) is 0 Å². The maximum Gasteiger partial charge on any atom is 0.215 e. The normalized spacial score (nSPS) is 14.1. The van der Waals surface area contributed by atoms with Gasteiger partial charge in [-0.15, -0.1) is 0 Å². The molecule has 0 aromatic heterocycles. The van der Waals surface area contributed by atoms with Gasteiger partial charge in [0.15, 0.2) is 0 Å². The van der Waals surface area contributed by atoms with Crippen LogP contribution in [0.15, 0.2) is 0 Å². The maximum absolute atomic E-state index is 11.6. The van der Waals surface area contributed by atoms with Crippen LogP contribution in [0, 0.1) is 0 Å². The van der Waals surface area contributed by atoms with Gasteiger partial charge in [0.05, 0.1) is 11.9 Å². The molecular formula is C9H22N2O3S. The zero-order valence-electron chi connectivity index (χ0n) is 9.75. The molecule has 0 bridgehead atoms. The van der Waals surface area contributed by atoms with Gasteiger partial charge in [-0.2, -0.15) is 0 Å². The Morgan fingerprint density at radius 2 is 2.00 bits per heavy atom. The van der Waals surface area contributed by atoms with E-state index in [9.17, 15) is 8.42 Å². The van der Waals surface area contributed by atoms with E-state index in [4.69, 9.17) is 4.74 Å². The summed E-state index contributed by atoms with van der Waals surface area (Å²) in [6.45, 7) is 5.79. The monoisotopic (exact) mass is 238 g/mol. The first kappa shape index (κ1) is 14.8. The summed E-state index contributed by atoms with van der Waals surface area (Å²) in [5.41, 5.74) is 0. The molecule has 1 unspecified atom stereocenters. The summed E-state index contributed by atoms with van der Waals surface area (Å²) in [5, 5.41) is 2.67. The topological polar surface area (TPSA) is 67.4 Å². The van der Waals surface area contributed by atoms with Crippen LogP contribution in [0.2, 0.25) is 0 Å². The molecule has 0 radical (unpaired) electrons. The van der Waals surface area contributed by atoms with Crippen molar-refractivity contribution in [2.45, 2.75) is 25.5 Å². The van der Waals surface area contributed by atoms with E-state index in [1.807, 2.05) is 6.92 Å². The minimum absolute atomic E-state index is 0.330. The van der Waals surface area contributed by atoms with E-state index in [1.54, 1.807) is 14.0 Å². The molecule has 0 aliphatic heterocycles. The van der Waals surface area contributed by atoms with E-state index >= 15 is 0 Å². The molecule has 92 valence electrons. The number of rotatable bonds is 9. The second-order valence-electron chi connectivity index (χ2n) is 3.45. The Balaban J connectivity index is 3.86. The molecule has 0 aromatic rings. The molecule has 0 rings (SSSR count). The Bertz CT molecular complexity index is 242. The average molecular weight is 238 g/mol. The molecule has 0 heterocycles. The van der Waals surface area contributed by atoms with Crippen LogP contribution in [0.25, 0.3) is 0 Å². The van der Waals surface area contributed by atoms with Crippen molar-refractivity contribution in [2.75, 3.05) is 33.4 Å². The summed E-state index contributed by atoms with van der Waals surface area (Å²) in [7, 11) is -1.66. The zero-order chi connectivity index (χ0) is 11.7. The molecule has 2 N–H and O–H groups in total. The summed E-state index contributed by atoms with van der Waals surface area (Å²) in [5.74, 6) is 0. The lowest BCUT2D eigenvalue weighted by Crippen LogP contribution is -2.40. The quantitative estimate of drug-likeness (QED) is 0.552. The first-order chi connectivity index (χ1) is 7.04. The molecule has 0 aliphatic carbocycles. The maximum atomic E-state index is 11.6. The fourth-order valence-electron chi connectivity index (χ4n) is 1.02. The number of hydrogen-bond donors (Lipinski definition) is 2. The summed E-state index contributed by atoms with van der Waals surface area (Å²) < 4.78 is 30.5. The third-order valence-corrected chi connectivity index (χ3v) is 3.83. The molecule has 0 saturated carbocycles. The van der Waals surface area contributed by atoms with E-state index in [2.05, 4.69) is 10.0 Å². The molecule has 6 heteroatoms. The van der Waals surface area contributed by atoms with Crippen molar-refractivity contribution in [3.8, 4) is 0 Å². The second-order valence-corrected chi connectivity index (χ2v) is 5.63. The lowest BCUT2D eigenvalue weighted by atomic mass is 10.4. The van der Waals surface area contributed by atoms with E-state index in [0.29, 0.717) is 19.7 Å². The van der Waals surface area contributed by atoms with E-state index in [1.165, 1.54) is 0 Å². The highest BCUT2D eigenvalue weighted by Crippen LogP contribution is 1.96. The van der Waals surface area contributed by atoms with Crippen LogP contribution in [-0.4, -0.2) is 47.0 Å². The number of sulfonamides is 1. The summed E-state index contributed by atoms with van der Waals surface area (Å²) >= 11 is 0. The lowest BCUT2D eigenvalue weighted by molar-refractivity contribution is 0.204. The van der Waals surface area contributed by atoms with Gasteiger partial charge in [-0.05, 0) is 19.9 Å². The van der Waals surface area contributed by atoms with Crippen LogP contribution in [-0.2, 0) is 14.8 Å². The molecular weight excluding hydrogens is 216 g/mol. The molecule has 0 aliphatic rings. The molecule has 0 saturated heterocycles. The van der Waals surface area contributed by atoms with Crippen molar-refractivity contribution in [3.05, 3.63) is 0 Å². The highest BCUT2D eigenvalue weighted by atomic mass is 32.2. The molecule has 0 amide bonds. The number of methoxy groups -OCH3 is 1. The zero-order valence-corrected chi connectivity index (χ0v) is 10.6. The summed E-state index contributed by atoms with van der Waals surface area (Å²) in [4.78, 5) is 0. The third kappa shape index (κ3) is 6.83. The number of ether oxygens (including phenoxy) is 1. The highest BCUT2D eigenvalue weighted by Gasteiger charge is 2.18. The van der Waals surface area contributed by atoms with Crippen molar-refractivity contribution in [1.29, 1.82) is 0 Å². The number of nitrogens with one attached hydrogen (secondary N) is 2. The van der Waals surface area contributed by atoms with Crippen LogP contribution in [0.4, 0.5) is 0 Å². The summed E-state index contributed by atoms with van der Waals surface area (Å²) in [6, 6.07) is 0. The van der Waals surface area contributed by atoms with Crippen LogP contribution in [0.1, 0.15) is 20.3 Å². The van der Waals surface area contributed by atoms with E-state index in [-0.39, 0.29) is 0 Å². The van der Waals surface area contributed by atoms with Gasteiger partial charge in [-0.1, -0.05) is 6.92 Å². The van der Waals surface area contributed by atoms with Crippen molar-refractivity contribution in [1.82, 2.24) is 10.0 Å². The average Bonchev–Trinajstić information content (AvgIpc) is 2.18. The SMILES string of the molecule is CCCNCC(C)S(=O)(=O)NCCOC. The van der Waals surface area contributed by atoms with Gasteiger partial charge < -0.3 is 10.1 Å². The van der Waals surface area contributed by atoms with Gasteiger partial charge in [0.1, 0.15) is 0 Å². The van der Waals surface area contributed by atoms with E-state index in [0.717, 1.165) is 13.0 Å². The van der Waals surface area contributed by atoms with Crippen LogP contribution < -0.4 is 10.0 Å². The minimum Gasteiger partial charge on any atom is -0.383 e. The van der Waals surface area contributed by atoms with Gasteiger partial charge in [0.2, 0.25) is 10.0 Å². The van der Waals surface area contributed by atoms with E-state index < -0.39 is 15.3 Å². The Labute approximate surface area is 92.6 Å². The first-order valence-electron chi connectivity index (χ1n) is 5.22. The van der Waals surface area contributed by atoms with Gasteiger partial charge >= 0.3 is 0 Å². The fraction of sp³-hybridized carbons (Fsp3) is 1.00. The van der Waals surface area contributed by atoms with Gasteiger partial charge in [-0.25, -0.2) is 13.1 Å². The first-order valence-corrected chi connectivity index (χ1v) is 6.77. The fourth-order valence-corrected chi connectivity index (χ4v) is 2.01. The molecule has 0 fully saturated rings. The largest absolute Gasteiger partial charge is 0.383 e. The standard InChI is InChI=1S/C9H22N2O3S/c1-4-5-10-8-9(2)15(12,13)11-6-7-14-3/h9-11H,4-8H2,1-3H3. The Morgan fingerprint density at radius 1 is 1.33 bits per heavy atom.